The summed E-state index contributed by atoms with van der Waals surface area (Å²) in [6.45, 7) is 11.0. The molecule has 2 heterocycles. The third kappa shape index (κ3) is 2.77. The molecule has 3 heteroatoms. The van der Waals surface area contributed by atoms with Crippen LogP contribution in [0.3, 0.4) is 0 Å². The molecule has 18 heavy (non-hydrogen) atoms. The van der Waals surface area contributed by atoms with Gasteiger partial charge in [0.1, 0.15) is 5.82 Å². The second-order valence-corrected chi connectivity index (χ2v) is 6.73. The van der Waals surface area contributed by atoms with Gasteiger partial charge in [0, 0.05) is 19.3 Å². The minimum absolute atomic E-state index is 0.295. The number of pyridine rings is 1. The maximum Gasteiger partial charge on any atom is 0.143 e. The first-order chi connectivity index (χ1) is 8.39. The molecule has 0 aromatic carbocycles. The number of anilines is 1. The van der Waals surface area contributed by atoms with E-state index in [9.17, 15) is 0 Å². The van der Waals surface area contributed by atoms with Crippen LogP contribution < -0.4 is 4.90 Å². The molecule has 0 atom stereocenters. The fourth-order valence-corrected chi connectivity index (χ4v) is 2.77. The number of rotatable bonds is 1. The lowest BCUT2D eigenvalue weighted by molar-refractivity contribution is 0.472. The molecule has 1 aliphatic rings. The van der Waals surface area contributed by atoms with Gasteiger partial charge in [-0.1, -0.05) is 32.4 Å². The van der Waals surface area contributed by atoms with E-state index < -0.39 is 0 Å². The van der Waals surface area contributed by atoms with Gasteiger partial charge >= 0.3 is 0 Å². The summed E-state index contributed by atoms with van der Waals surface area (Å²) in [6.07, 6.45) is 5.38. The van der Waals surface area contributed by atoms with Crippen molar-refractivity contribution >= 4 is 21.7 Å². The molecular formula is C15H21BrN2. The van der Waals surface area contributed by atoms with Gasteiger partial charge in [0.25, 0.3) is 0 Å². The van der Waals surface area contributed by atoms with Gasteiger partial charge < -0.3 is 4.90 Å². The minimum Gasteiger partial charge on any atom is -0.352 e. The molecule has 0 unspecified atom stereocenters. The SMILES string of the molecule is Cc1ccnc(N2CC=C(C(C)(C)C)CC2)c1Br. The highest BCUT2D eigenvalue weighted by atomic mass is 79.9. The van der Waals surface area contributed by atoms with Crippen molar-refractivity contribution in [2.75, 3.05) is 18.0 Å². The molecule has 0 amide bonds. The van der Waals surface area contributed by atoms with E-state index in [1.54, 1.807) is 5.57 Å². The summed E-state index contributed by atoms with van der Waals surface area (Å²) in [4.78, 5) is 6.84. The summed E-state index contributed by atoms with van der Waals surface area (Å²) in [7, 11) is 0. The largest absolute Gasteiger partial charge is 0.352 e. The highest BCUT2D eigenvalue weighted by Gasteiger charge is 2.22. The van der Waals surface area contributed by atoms with Gasteiger partial charge in [0.15, 0.2) is 0 Å². The van der Waals surface area contributed by atoms with Crippen molar-refractivity contribution in [3.63, 3.8) is 0 Å². The fraction of sp³-hybridized carbons (Fsp3) is 0.533. The third-order valence-electron chi connectivity index (χ3n) is 3.54. The van der Waals surface area contributed by atoms with Gasteiger partial charge in [0.2, 0.25) is 0 Å². The van der Waals surface area contributed by atoms with Crippen LogP contribution in [0.1, 0.15) is 32.8 Å². The van der Waals surface area contributed by atoms with E-state index in [1.165, 1.54) is 5.56 Å². The summed E-state index contributed by atoms with van der Waals surface area (Å²) in [5.41, 5.74) is 3.09. The van der Waals surface area contributed by atoms with E-state index in [4.69, 9.17) is 0 Å². The highest BCUT2D eigenvalue weighted by Crippen LogP contribution is 2.33. The van der Waals surface area contributed by atoms with Crippen LogP contribution in [-0.2, 0) is 0 Å². The quantitative estimate of drug-likeness (QED) is 0.718. The van der Waals surface area contributed by atoms with Crippen molar-refractivity contribution in [3.05, 3.63) is 33.9 Å². The topological polar surface area (TPSA) is 16.1 Å². The molecule has 0 spiro atoms. The lowest BCUT2D eigenvalue weighted by atomic mass is 9.83. The van der Waals surface area contributed by atoms with Crippen molar-refractivity contribution in [3.8, 4) is 0 Å². The van der Waals surface area contributed by atoms with E-state index in [0.29, 0.717) is 5.41 Å². The zero-order valence-electron chi connectivity index (χ0n) is 11.6. The standard InChI is InChI=1S/C15H21BrN2/c1-11-5-8-17-14(13(11)16)18-9-6-12(7-10-18)15(2,3)4/h5-6,8H,7,9-10H2,1-4H3. The van der Waals surface area contributed by atoms with Crippen LogP contribution >= 0.6 is 15.9 Å². The van der Waals surface area contributed by atoms with Crippen LogP contribution in [0.4, 0.5) is 5.82 Å². The van der Waals surface area contributed by atoms with E-state index in [1.807, 2.05) is 12.3 Å². The van der Waals surface area contributed by atoms with Crippen LogP contribution in [0, 0.1) is 12.3 Å². The molecule has 0 aliphatic carbocycles. The predicted octanol–water partition coefficient (Wildman–Crippen LogP) is 4.34. The van der Waals surface area contributed by atoms with Crippen molar-refractivity contribution < 1.29 is 0 Å². The number of halogens is 1. The van der Waals surface area contributed by atoms with E-state index in [2.05, 4.69) is 59.6 Å². The Hall–Kier alpha value is -0.830. The van der Waals surface area contributed by atoms with Crippen LogP contribution in [0.25, 0.3) is 0 Å². The average Bonchev–Trinajstić information content (AvgIpc) is 2.32. The maximum atomic E-state index is 4.50. The van der Waals surface area contributed by atoms with Gasteiger partial charge in [-0.15, -0.1) is 0 Å². The van der Waals surface area contributed by atoms with Gasteiger partial charge in [-0.25, -0.2) is 4.98 Å². The summed E-state index contributed by atoms with van der Waals surface area (Å²) in [6, 6.07) is 2.04. The Labute approximate surface area is 118 Å². The van der Waals surface area contributed by atoms with Crippen molar-refractivity contribution in [1.29, 1.82) is 0 Å². The Kier molecular flexibility index (Phi) is 3.81. The molecule has 2 rings (SSSR count). The van der Waals surface area contributed by atoms with Crippen molar-refractivity contribution in [2.45, 2.75) is 34.1 Å². The first kappa shape index (κ1) is 13.6. The number of aromatic nitrogens is 1. The van der Waals surface area contributed by atoms with Gasteiger partial charge in [-0.3, -0.25) is 0 Å². The van der Waals surface area contributed by atoms with E-state index in [-0.39, 0.29) is 0 Å². The highest BCUT2D eigenvalue weighted by molar-refractivity contribution is 9.10. The fourth-order valence-electron chi connectivity index (χ4n) is 2.29. The normalized spacial score (nSPS) is 16.7. The van der Waals surface area contributed by atoms with Crippen LogP contribution in [-0.4, -0.2) is 18.1 Å². The molecule has 98 valence electrons. The van der Waals surface area contributed by atoms with Crippen LogP contribution in [0.2, 0.25) is 0 Å². The molecule has 1 aromatic heterocycles. The number of hydrogen-bond acceptors (Lipinski definition) is 2. The van der Waals surface area contributed by atoms with Gasteiger partial charge in [0.05, 0.1) is 4.47 Å². The van der Waals surface area contributed by atoms with E-state index >= 15 is 0 Å². The second kappa shape index (κ2) is 5.04. The molecule has 1 aromatic rings. The first-order valence-corrected chi connectivity index (χ1v) is 7.24. The predicted molar refractivity (Wildman–Crippen MR) is 81.0 cm³/mol. The van der Waals surface area contributed by atoms with Crippen LogP contribution in [0.5, 0.6) is 0 Å². The molecule has 0 fully saturated rings. The minimum atomic E-state index is 0.295. The monoisotopic (exact) mass is 308 g/mol. The summed E-state index contributed by atoms with van der Waals surface area (Å²) >= 11 is 3.65. The van der Waals surface area contributed by atoms with Crippen molar-refractivity contribution in [1.82, 2.24) is 4.98 Å². The zero-order valence-corrected chi connectivity index (χ0v) is 13.2. The molecule has 0 saturated heterocycles. The molecule has 0 bridgehead atoms. The van der Waals surface area contributed by atoms with E-state index in [0.717, 1.165) is 29.8 Å². The molecule has 1 aliphatic heterocycles. The zero-order chi connectivity index (χ0) is 13.3. The Morgan fingerprint density at radius 3 is 2.61 bits per heavy atom. The van der Waals surface area contributed by atoms with Gasteiger partial charge in [-0.2, -0.15) is 0 Å². The number of aryl methyl sites for hydroxylation is 1. The third-order valence-corrected chi connectivity index (χ3v) is 4.52. The first-order valence-electron chi connectivity index (χ1n) is 6.45. The summed E-state index contributed by atoms with van der Waals surface area (Å²) in [5, 5.41) is 0. The average molecular weight is 309 g/mol. The molecular weight excluding hydrogens is 288 g/mol. The second-order valence-electron chi connectivity index (χ2n) is 5.94. The Morgan fingerprint density at radius 2 is 2.06 bits per heavy atom. The summed E-state index contributed by atoms with van der Waals surface area (Å²) in [5.74, 6) is 1.07. The lowest BCUT2D eigenvalue weighted by Gasteiger charge is -2.33. The Balaban J connectivity index is 2.20. The molecule has 0 N–H and O–H groups in total. The Morgan fingerprint density at radius 1 is 1.33 bits per heavy atom. The van der Waals surface area contributed by atoms with Crippen LogP contribution in [0.15, 0.2) is 28.4 Å². The maximum absolute atomic E-state index is 4.50. The van der Waals surface area contributed by atoms with Crippen molar-refractivity contribution in [2.24, 2.45) is 5.41 Å². The molecule has 0 saturated carbocycles. The smallest absolute Gasteiger partial charge is 0.143 e. The Bertz CT molecular complexity index is 472. The van der Waals surface area contributed by atoms with Gasteiger partial charge in [-0.05, 0) is 46.3 Å². The molecule has 0 radical (unpaired) electrons. The summed E-state index contributed by atoms with van der Waals surface area (Å²) < 4.78 is 1.12. The molecule has 2 nitrogen and oxygen atoms in total. The lowest BCUT2D eigenvalue weighted by Crippen LogP contribution is -2.32. The number of nitrogens with zero attached hydrogens (tertiary/aromatic N) is 2. The number of hydrogen-bond donors (Lipinski definition) is 0.